The van der Waals surface area contributed by atoms with Gasteiger partial charge in [-0.05, 0) is 42.8 Å². The first kappa shape index (κ1) is 18.9. The molecule has 0 bridgehead atoms. The van der Waals surface area contributed by atoms with Crippen molar-refractivity contribution in [2.75, 3.05) is 13.2 Å². The highest BCUT2D eigenvalue weighted by Gasteiger charge is 2.31. The van der Waals surface area contributed by atoms with E-state index in [0.29, 0.717) is 30.4 Å². The van der Waals surface area contributed by atoms with Gasteiger partial charge in [0.2, 0.25) is 0 Å². The van der Waals surface area contributed by atoms with E-state index in [2.05, 4.69) is 4.74 Å². The Balaban J connectivity index is 1.77. The third-order valence-electron chi connectivity index (χ3n) is 4.47. The number of halogens is 3. The number of rotatable bonds is 3. The highest BCUT2D eigenvalue weighted by molar-refractivity contribution is 5.76. The summed E-state index contributed by atoms with van der Waals surface area (Å²) in [6.45, 7) is 2.69. The van der Waals surface area contributed by atoms with Crippen LogP contribution in [0.15, 0.2) is 59.5 Å². The molecule has 8 heteroatoms. The van der Waals surface area contributed by atoms with Crippen LogP contribution in [0.1, 0.15) is 5.56 Å². The van der Waals surface area contributed by atoms with Gasteiger partial charge in [0.05, 0.1) is 0 Å². The summed E-state index contributed by atoms with van der Waals surface area (Å²) in [5, 5.41) is 0. The quantitative estimate of drug-likeness (QED) is 0.647. The number of nitrogens with zero attached hydrogens (tertiary/aromatic N) is 1. The largest absolute Gasteiger partial charge is 0.573 e. The van der Waals surface area contributed by atoms with E-state index in [0.717, 1.165) is 28.8 Å². The van der Waals surface area contributed by atoms with Crippen LogP contribution < -0.4 is 19.8 Å². The molecule has 3 aromatic rings. The van der Waals surface area contributed by atoms with Gasteiger partial charge in [-0.1, -0.05) is 12.1 Å². The topological polar surface area (TPSA) is 49.7 Å². The van der Waals surface area contributed by atoms with Crippen LogP contribution in [0.5, 0.6) is 17.2 Å². The zero-order chi connectivity index (χ0) is 20.6. The fraction of sp³-hybridized carbons (Fsp3) is 0.190. The molecule has 0 saturated heterocycles. The van der Waals surface area contributed by atoms with Crippen molar-refractivity contribution >= 4 is 0 Å². The molecule has 0 N–H and O–H groups in total. The Morgan fingerprint density at radius 1 is 1.00 bits per heavy atom. The number of pyridine rings is 1. The van der Waals surface area contributed by atoms with Crippen LogP contribution in [-0.2, 0) is 0 Å². The van der Waals surface area contributed by atoms with Crippen molar-refractivity contribution in [3.05, 3.63) is 70.6 Å². The molecule has 1 aliphatic heterocycles. The van der Waals surface area contributed by atoms with Gasteiger partial charge in [0.25, 0.3) is 5.56 Å². The van der Waals surface area contributed by atoms with Gasteiger partial charge < -0.3 is 14.2 Å². The summed E-state index contributed by atoms with van der Waals surface area (Å²) < 4.78 is 53.7. The molecule has 150 valence electrons. The number of fused-ring (bicyclic) bond motifs is 1. The van der Waals surface area contributed by atoms with Gasteiger partial charge in [0, 0.05) is 29.1 Å². The van der Waals surface area contributed by atoms with Crippen LogP contribution >= 0.6 is 0 Å². The van der Waals surface area contributed by atoms with E-state index in [1.165, 1.54) is 22.8 Å². The Labute approximate surface area is 163 Å². The Kier molecular flexibility index (Phi) is 4.70. The van der Waals surface area contributed by atoms with Crippen LogP contribution in [0.4, 0.5) is 13.2 Å². The third kappa shape index (κ3) is 3.91. The lowest BCUT2D eigenvalue weighted by molar-refractivity contribution is -0.274. The Morgan fingerprint density at radius 2 is 1.72 bits per heavy atom. The minimum absolute atomic E-state index is 0.308. The molecule has 4 rings (SSSR count). The van der Waals surface area contributed by atoms with E-state index < -0.39 is 6.36 Å². The average Bonchev–Trinajstić information content (AvgIpc) is 2.67. The number of alkyl halides is 3. The standard InChI is InChI=1S/C21H16F3NO4/c1-13-11-19(26)25(14-5-7-15(8-6-14)29-21(22,23)24)12-17(13)16-3-2-4-18-20(16)28-10-9-27-18/h2-8,11-12H,9-10H2,1H3. The number of aryl methyl sites for hydroxylation is 1. The average molecular weight is 403 g/mol. The molecule has 2 aromatic carbocycles. The fourth-order valence-electron chi connectivity index (χ4n) is 3.21. The summed E-state index contributed by atoms with van der Waals surface area (Å²) in [6, 6.07) is 12.1. The fourth-order valence-corrected chi connectivity index (χ4v) is 3.21. The van der Waals surface area contributed by atoms with Gasteiger partial charge in [0.15, 0.2) is 11.5 Å². The minimum Gasteiger partial charge on any atom is -0.486 e. The SMILES string of the molecule is Cc1cc(=O)n(-c2ccc(OC(F)(F)F)cc2)cc1-c1cccc2c1OCCO2. The number of ether oxygens (including phenoxy) is 3. The van der Waals surface area contributed by atoms with Crippen molar-refractivity contribution in [2.45, 2.75) is 13.3 Å². The summed E-state index contributed by atoms with van der Waals surface area (Å²) in [5.74, 6) is 0.866. The third-order valence-corrected chi connectivity index (χ3v) is 4.47. The summed E-state index contributed by atoms with van der Waals surface area (Å²) in [4.78, 5) is 12.5. The van der Waals surface area contributed by atoms with Crippen LogP contribution in [0, 0.1) is 6.92 Å². The van der Waals surface area contributed by atoms with Crippen molar-refractivity contribution in [1.29, 1.82) is 0 Å². The van der Waals surface area contributed by atoms with E-state index in [1.807, 2.05) is 25.1 Å². The second kappa shape index (κ2) is 7.20. The lowest BCUT2D eigenvalue weighted by Crippen LogP contribution is -2.19. The molecule has 0 saturated carbocycles. The summed E-state index contributed by atoms with van der Waals surface area (Å²) in [7, 11) is 0. The van der Waals surface area contributed by atoms with Gasteiger partial charge in [-0.25, -0.2) is 0 Å². The minimum atomic E-state index is -4.77. The van der Waals surface area contributed by atoms with Gasteiger partial charge in [-0.2, -0.15) is 0 Å². The number of aromatic nitrogens is 1. The molecule has 0 spiro atoms. The molecule has 0 fully saturated rings. The molecule has 1 aliphatic rings. The maximum Gasteiger partial charge on any atom is 0.573 e. The predicted octanol–water partition coefficient (Wildman–Crippen LogP) is 4.48. The monoisotopic (exact) mass is 403 g/mol. The predicted molar refractivity (Wildman–Crippen MR) is 99.9 cm³/mol. The van der Waals surface area contributed by atoms with E-state index in [9.17, 15) is 18.0 Å². The highest BCUT2D eigenvalue weighted by Crippen LogP contribution is 2.40. The zero-order valence-electron chi connectivity index (χ0n) is 15.3. The van der Waals surface area contributed by atoms with Gasteiger partial charge in [-0.15, -0.1) is 13.2 Å². The summed E-state index contributed by atoms with van der Waals surface area (Å²) >= 11 is 0. The van der Waals surface area contributed by atoms with Crippen LogP contribution in [0.2, 0.25) is 0 Å². The van der Waals surface area contributed by atoms with Crippen molar-refractivity contribution in [2.24, 2.45) is 0 Å². The van der Waals surface area contributed by atoms with Crippen molar-refractivity contribution in [3.8, 4) is 34.1 Å². The lowest BCUT2D eigenvalue weighted by Gasteiger charge is -2.22. The first-order valence-electron chi connectivity index (χ1n) is 8.80. The molecular weight excluding hydrogens is 387 g/mol. The molecule has 0 aliphatic carbocycles. The normalized spacial score (nSPS) is 13.2. The van der Waals surface area contributed by atoms with E-state index in [-0.39, 0.29) is 11.3 Å². The molecule has 0 unspecified atom stereocenters. The second-order valence-electron chi connectivity index (χ2n) is 6.45. The molecule has 1 aromatic heterocycles. The van der Waals surface area contributed by atoms with Crippen LogP contribution in [-0.4, -0.2) is 24.1 Å². The maximum absolute atomic E-state index is 12.5. The van der Waals surface area contributed by atoms with E-state index in [1.54, 1.807) is 6.20 Å². The first-order valence-corrected chi connectivity index (χ1v) is 8.80. The lowest BCUT2D eigenvalue weighted by atomic mass is 10.0. The first-order chi connectivity index (χ1) is 13.8. The summed E-state index contributed by atoms with van der Waals surface area (Å²) in [5.41, 5.74) is 2.37. The molecular formula is C21H16F3NO4. The zero-order valence-corrected chi connectivity index (χ0v) is 15.3. The second-order valence-corrected chi connectivity index (χ2v) is 6.45. The Hall–Kier alpha value is -3.42. The van der Waals surface area contributed by atoms with E-state index >= 15 is 0 Å². The number of hydrogen-bond donors (Lipinski definition) is 0. The number of hydrogen-bond acceptors (Lipinski definition) is 4. The van der Waals surface area contributed by atoms with Crippen LogP contribution in [0.3, 0.4) is 0 Å². The van der Waals surface area contributed by atoms with Gasteiger partial charge in [0.1, 0.15) is 19.0 Å². The molecule has 5 nitrogen and oxygen atoms in total. The maximum atomic E-state index is 12.5. The highest BCUT2D eigenvalue weighted by atomic mass is 19.4. The van der Waals surface area contributed by atoms with Crippen molar-refractivity contribution in [3.63, 3.8) is 0 Å². The number of benzene rings is 2. The molecule has 0 atom stereocenters. The van der Waals surface area contributed by atoms with Gasteiger partial charge in [-0.3, -0.25) is 9.36 Å². The Morgan fingerprint density at radius 3 is 2.45 bits per heavy atom. The Bertz CT molecular complexity index is 1100. The summed E-state index contributed by atoms with van der Waals surface area (Å²) in [6.07, 6.45) is -3.13. The van der Waals surface area contributed by atoms with Crippen molar-refractivity contribution < 1.29 is 27.4 Å². The smallest absolute Gasteiger partial charge is 0.486 e. The molecule has 0 radical (unpaired) electrons. The molecule has 0 amide bonds. The number of para-hydroxylation sites is 1. The van der Waals surface area contributed by atoms with Gasteiger partial charge >= 0.3 is 6.36 Å². The van der Waals surface area contributed by atoms with Crippen molar-refractivity contribution in [1.82, 2.24) is 4.57 Å². The van der Waals surface area contributed by atoms with E-state index in [4.69, 9.17) is 9.47 Å². The molecule has 29 heavy (non-hydrogen) atoms. The van der Waals surface area contributed by atoms with Crippen LogP contribution in [0.25, 0.3) is 16.8 Å². The molecule has 2 heterocycles.